The molecule has 2 saturated heterocycles. The van der Waals surface area contributed by atoms with Gasteiger partial charge in [0.05, 0.1) is 19.8 Å². The van der Waals surface area contributed by atoms with Gasteiger partial charge in [-0.05, 0) is 43.5 Å². The zero-order chi connectivity index (χ0) is 22.2. The highest BCUT2D eigenvalue weighted by atomic mass is 127. The number of nitrogens with zero attached hydrogens (tertiary/aromatic N) is 3. The number of likely N-dealkylation sites (tertiary alicyclic amines) is 1. The Hall–Kier alpha value is -1.84. The second kappa shape index (κ2) is 13.2. The predicted molar refractivity (Wildman–Crippen MR) is 148 cm³/mol. The number of ether oxygens (including phenoxy) is 1. The van der Waals surface area contributed by atoms with Crippen molar-refractivity contribution in [2.24, 2.45) is 4.99 Å². The van der Waals surface area contributed by atoms with Crippen molar-refractivity contribution < 1.29 is 4.74 Å². The van der Waals surface area contributed by atoms with Crippen LogP contribution >= 0.6 is 24.0 Å². The number of benzene rings is 2. The van der Waals surface area contributed by atoms with E-state index in [1.165, 1.54) is 16.8 Å². The molecule has 180 valence electrons. The van der Waals surface area contributed by atoms with E-state index in [1.807, 2.05) is 0 Å². The van der Waals surface area contributed by atoms with Gasteiger partial charge in [0.2, 0.25) is 0 Å². The molecule has 2 fully saturated rings. The number of hydrogen-bond acceptors (Lipinski definition) is 4. The van der Waals surface area contributed by atoms with Crippen LogP contribution in [-0.2, 0) is 17.8 Å². The van der Waals surface area contributed by atoms with Crippen LogP contribution in [0.15, 0.2) is 59.6 Å². The highest BCUT2D eigenvalue weighted by Gasteiger charge is 2.29. The standard InChI is InChI=1S/C26H37N5O.HI/c1-3-27-26(28-18-22-9-11-25(12-10-22)30-13-15-32-16-14-30)29-24-17-21(2)31(20-24)19-23-7-5-4-6-8-23;/h4-12,21,24H,3,13-20H2,1-2H3,(H2,27,28,29);1H. The predicted octanol–water partition coefficient (Wildman–Crippen LogP) is 3.86. The van der Waals surface area contributed by atoms with E-state index in [1.54, 1.807) is 0 Å². The summed E-state index contributed by atoms with van der Waals surface area (Å²) < 4.78 is 5.45. The molecule has 4 rings (SSSR count). The average molecular weight is 564 g/mol. The molecule has 33 heavy (non-hydrogen) atoms. The van der Waals surface area contributed by atoms with Crippen molar-refractivity contribution in [1.29, 1.82) is 0 Å². The lowest BCUT2D eigenvalue weighted by atomic mass is 10.2. The molecule has 2 atom stereocenters. The molecular formula is C26H38IN5O. The summed E-state index contributed by atoms with van der Waals surface area (Å²) in [6.07, 6.45) is 1.13. The maximum atomic E-state index is 5.45. The van der Waals surface area contributed by atoms with Crippen LogP contribution in [0.2, 0.25) is 0 Å². The van der Waals surface area contributed by atoms with E-state index in [4.69, 9.17) is 9.73 Å². The van der Waals surface area contributed by atoms with E-state index in [0.717, 1.165) is 58.3 Å². The Labute approximate surface area is 215 Å². The third-order valence-electron chi connectivity index (χ3n) is 6.35. The Kier molecular flexibility index (Phi) is 10.3. The first-order chi connectivity index (χ1) is 15.7. The number of hydrogen-bond donors (Lipinski definition) is 2. The Morgan fingerprint density at radius 3 is 2.45 bits per heavy atom. The summed E-state index contributed by atoms with van der Waals surface area (Å²) in [6.45, 7) is 11.6. The van der Waals surface area contributed by atoms with Crippen molar-refractivity contribution >= 4 is 35.6 Å². The van der Waals surface area contributed by atoms with Crippen LogP contribution in [0.3, 0.4) is 0 Å². The van der Waals surface area contributed by atoms with Crippen molar-refractivity contribution in [3.05, 3.63) is 65.7 Å². The molecule has 2 N–H and O–H groups in total. The molecule has 2 unspecified atom stereocenters. The summed E-state index contributed by atoms with van der Waals surface area (Å²) in [5.41, 5.74) is 3.87. The largest absolute Gasteiger partial charge is 0.378 e. The second-order valence-electron chi connectivity index (χ2n) is 8.80. The molecule has 0 amide bonds. The number of anilines is 1. The first-order valence-electron chi connectivity index (χ1n) is 12.0. The minimum absolute atomic E-state index is 0. The molecule has 2 aromatic rings. The second-order valence-corrected chi connectivity index (χ2v) is 8.80. The maximum Gasteiger partial charge on any atom is 0.191 e. The molecule has 2 heterocycles. The van der Waals surface area contributed by atoms with Gasteiger partial charge in [0.15, 0.2) is 5.96 Å². The lowest BCUT2D eigenvalue weighted by molar-refractivity contribution is 0.122. The highest BCUT2D eigenvalue weighted by molar-refractivity contribution is 14.0. The van der Waals surface area contributed by atoms with E-state index in [-0.39, 0.29) is 24.0 Å². The molecule has 6 nitrogen and oxygen atoms in total. The zero-order valence-electron chi connectivity index (χ0n) is 19.9. The Bertz CT molecular complexity index is 855. The number of guanidine groups is 1. The number of halogens is 1. The van der Waals surface area contributed by atoms with Crippen molar-refractivity contribution in [1.82, 2.24) is 15.5 Å². The van der Waals surface area contributed by atoms with Crippen molar-refractivity contribution in [2.75, 3.05) is 44.3 Å². The van der Waals surface area contributed by atoms with Crippen LogP contribution in [0.1, 0.15) is 31.4 Å². The van der Waals surface area contributed by atoms with Crippen LogP contribution in [-0.4, -0.2) is 62.3 Å². The van der Waals surface area contributed by atoms with Gasteiger partial charge >= 0.3 is 0 Å². The summed E-state index contributed by atoms with van der Waals surface area (Å²) >= 11 is 0. The van der Waals surface area contributed by atoms with Crippen LogP contribution in [0, 0.1) is 0 Å². The normalized spacial score (nSPS) is 21.5. The minimum atomic E-state index is 0. The lowest BCUT2D eigenvalue weighted by Crippen LogP contribution is -2.44. The number of rotatable bonds is 7. The highest BCUT2D eigenvalue weighted by Crippen LogP contribution is 2.20. The van der Waals surface area contributed by atoms with E-state index in [0.29, 0.717) is 18.6 Å². The fourth-order valence-electron chi connectivity index (χ4n) is 4.56. The van der Waals surface area contributed by atoms with Crippen molar-refractivity contribution in [3.63, 3.8) is 0 Å². The Balaban J connectivity index is 0.00000306. The molecule has 0 bridgehead atoms. The van der Waals surface area contributed by atoms with Crippen LogP contribution in [0.5, 0.6) is 0 Å². The van der Waals surface area contributed by atoms with Gasteiger partial charge in [-0.25, -0.2) is 4.99 Å². The van der Waals surface area contributed by atoms with Crippen LogP contribution in [0.25, 0.3) is 0 Å². The Morgan fingerprint density at radius 2 is 1.76 bits per heavy atom. The third-order valence-corrected chi connectivity index (χ3v) is 6.35. The molecule has 2 aliphatic rings. The van der Waals surface area contributed by atoms with Gasteiger partial charge in [0.1, 0.15) is 0 Å². The minimum Gasteiger partial charge on any atom is -0.378 e. The fraction of sp³-hybridized carbons (Fsp3) is 0.500. The first-order valence-corrected chi connectivity index (χ1v) is 12.0. The maximum absolute atomic E-state index is 5.45. The van der Waals surface area contributed by atoms with Crippen LogP contribution in [0.4, 0.5) is 5.69 Å². The number of morpholine rings is 1. The summed E-state index contributed by atoms with van der Waals surface area (Å²) in [5, 5.41) is 7.09. The summed E-state index contributed by atoms with van der Waals surface area (Å²) in [7, 11) is 0. The topological polar surface area (TPSA) is 52.1 Å². The van der Waals surface area contributed by atoms with Gasteiger partial charge in [-0.15, -0.1) is 24.0 Å². The molecule has 0 radical (unpaired) electrons. The van der Waals surface area contributed by atoms with Gasteiger partial charge in [-0.3, -0.25) is 4.90 Å². The lowest BCUT2D eigenvalue weighted by Gasteiger charge is -2.28. The quantitative estimate of drug-likeness (QED) is 0.305. The van der Waals surface area contributed by atoms with E-state index < -0.39 is 0 Å². The molecule has 0 aliphatic carbocycles. The van der Waals surface area contributed by atoms with Gasteiger partial charge in [0.25, 0.3) is 0 Å². The molecular weight excluding hydrogens is 525 g/mol. The third kappa shape index (κ3) is 7.58. The molecule has 0 aromatic heterocycles. The molecule has 0 saturated carbocycles. The van der Waals surface area contributed by atoms with Crippen molar-refractivity contribution in [2.45, 2.75) is 45.4 Å². The van der Waals surface area contributed by atoms with E-state index in [9.17, 15) is 0 Å². The first kappa shape index (κ1) is 25.8. The van der Waals surface area contributed by atoms with Gasteiger partial charge < -0.3 is 20.3 Å². The van der Waals surface area contributed by atoms with Crippen LogP contribution < -0.4 is 15.5 Å². The molecule has 2 aliphatic heterocycles. The molecule has 7 heteroatoms. The Morgan fingerprint density at radius 1 is 1.03 bits per heavy atom. The average Bonchev–Trinajstić information content (AvgIpc) is 3.17. The molecule has 0 spiro atoms. The fourth-order valence-corrected chi connectivity index (χ4v) is 4.56. The smallest absolute Gasteiger partial charge is 0.191 e. The summed E-state index contributed by atoms with van der Waals surface area (Å²) in [5.74, 6) is 0.906. The van der Waals surface area contributed by atoms with Crippen molar-refractivity contribution in [3.8, 4) is 0 Å². The summed E-state index contributed by atoms with van der Waals surface area (Å²) in [4.78, 5) is 9.80. The molecule has 2 aromatic carbocycles. The monoisotopic (exact) mass is 563 g/mol. The number of aliphatic imine (C=N–C) groups is 1. The van der Waals surface area contributed by atoms with E-state index in [2.05, 4.69) is 88.9 Å². The summed E-state index contributed by atoms with van der Waals surface area (Å²) in [6, 6.07) is 20.5. The van der Waals surface area contributed by atoms with E-state index >= 15 is 0 Å². The zero-order valence-corrected chi connectivity index (χ0v) is 22.2. The van der Waals surface area contributed by atoms with Gasteiger partial charge in [-0.2, -0.15) is 0 Å². The number of nitrogens with one attached hydrogen (secondary N) is 2. The van der Waals surface area contributed by atoms with Gasteiger partial charge in [-0.1, -0.05) is 42.5 Å². The van der Waals surface area contributed by atoms with Gasteiger partial charge in [0, 0.05) is 50.5 Å². The SMILES string of the molecule is CCNC(=NCc1ccc(N2CCOCC2)cc1)NC1CC(C)N(Cc2ccccc2)C1.I.